The van der Waals surface area contributed by atoms with Crippen LogP contribution in [0.3, 0.4) is 0 Å². The summed E-state index contributed by atoms with van der Waals surface area (Å²) in [6.07, 6.45) is 4.12. The molecule has 1 fully saturated rings. The minimum Gasteiger partial charge on any atom is -0.312 e. The van der Waals surface area contributed by atoms with Crippen LogP contribution in [0.5, 0.6) is 0 Å². The maximum atomic E-state index is 3.73. The number of piperidine rings is 1. The number of hydrogen-bond donors (Lipinski definition) is 1. The first-order valence-electron chi connectivity index (χ1n) is 7.11. The van der Waals surface area contributed by atoms with Crippen molar-refractivity contribution in [3.63, 3.8) is 0 Å². The molecule has 2 atom stereocenters. The van der Waals surface area contributed by atoms with Crippen LogP contribution in [-0.4, -0.2) is 37.1 Å². The van der Waals surface area contributed by atoms with Gasteiger partial charge in [-0.3, -0.25) is 0 Å². The minimum absolute atomic E-state index is 0.729. The van der Waals surface area contributed by atoms with Gasteiger partial charge in [-0.25, -0.2) is 0 Å². The van der Waals surface area contributed by atoms with Crippen molar-refractivity contribution in [3.8, 4) is 0 Å². The van der Waals surface area contributed by atoms with Crippen molar-refractivity contribution in [2.24, 2.45) is 11.8 Å². The number of hydrogen-bond acceptors (Lipinski definition) is 2. The molecule has 1 heterocycles. The zero-order chi connectivity index (χ0) is 12.0. The van der Waals surface area contributed by atoms with Gasteiger partial charge >= 0.3 is 0 Å². The smallest absolute Gasteiger partial charge is 0.0198 e. The number of rotatable bonds is 6. The number of nitrogens with zero attached hydrogens (tertiary/aromatic N) is 1. The van der Waals surface area contributed by atoms with Crippen LogP contribution < -0.4 is 5.32 Å². The Hall–Kier alpha value is -0.0800. The highest BCUT2D eigenvalue weighted by atomic mass is 15.2. The fraction of sp³-hybridized carbons (Fsp3) is 1.00. The fourth-order valence-electron chi connectivity index (χ4n) is 2.73. The SMILES string of the molecule is CCCC1CC(NCC(C)C)CN(CC)C1. The zero-order valence-electron chi connectivity index (χ0n) is 11.6. The van der Waals surface area contributed by atoms with Crippen LogP contribution in [-0.2, 0) is 0 Å². The van der Waals surface area contributed by atoms with Gasteiger partial charge in [0, 0.05) is 19.1 Å². The van der Waals surface area contributed by atoms with Crippen LogP contribution in [0.1, 0.15) is 47.0 Å². The van der Waals surface area contributed by atoms with Crippen molar-refractivity contribution < 1.29 is 0 Å². The standard InChI is InChI=1S/C14H30N2/c1-5-7-13-8-14(15-9-12(3)4)11-16(6-2)10-13/h12-15H,5-11H2,1-4H3. The third-order valence-electron chi connectivity index (χ3n) is 3.57. The van der Waals surface area contributed by atoms with Gasteiger partial charge in [0.05, 0.1) is 0 Å². The van der Waals surface area contributed by atoms with E-state index in [-0.39, 0.29) is 0 Å². The molecule has 0 aromatic heterocycles. The van der Waals surface area contributed by atoms with Crippen LogP contribution in [0.15, 0.2) is 0 Å². The van der Waals surface area contributed by atoms with Gasteiger partial charge in [-0.05, 0) is 37.8 Å². The predicted octanol–water partition coefficient (Wildman–Crippen LogP) is 2.74. The molecule has 0 aromatic rings. The van der Waals surface area contributed by atoms with E-state index in [0.717, 1.165) is 17.9 Å². The maximum absolute atomic E-state index is 3.73. The lowest BCUT2D eigenvalue weighted by atomic mass is 9.90. The molecule has 0 radical (unpaired) electrons. The molecule has 1 aliphatic rings. The van der Waals surface area contributed by atoms with E-state index in [0.29, 0.717) is 0 Å². The van der Waals surface area contributed by atoms with E-state index in [1.54, 1.807) is 0 Å². The summed E-state index contributed by atoms with van der Waals surface area (Å²) in [6, 6.07) is 0.729. The Labute approximate surface area is 102 Å². The van der Waals surface area contributed by atoms with Gasteiger partial charge in [-0.2, -0.15) is 0 Å². The second kappa shape index (κ2) is 7.29. The first-order chi connectivity index (χ1) is 7.65. The average molecular weight is 226 g/mol. The Balaban J connectivity index is 2.37. The summed E-state index contributed by atoms with van der Waals surface area (Å²) < 4.78 is 0. The van der Waals surface area contributed by atoms with Crippen molar-refractivity contribution in [2.75, 3.05) is 26.2 Å². The van der Waals surface area contributed by atoms with E-state index >= 15 is 0 Å². The first-order valence-corrected chi connectivity index (χ1v) is 7.11. The Kier molecular flexibility index (Phi) is 6.37. The molecule has 0 saturated carbocycles. The van der Waals surface area contributed by atoms with Crippen LogP contribution in [0.2, 0.25) is 0 Å². The highest BCUT2D eigenvalue weighted by Gasteiger charge is 2.25. The van der Waals surface area contributed by atoms with E-state index in [2.05, 4.69) is 37.9 Å². The van der Waals surface area contributed by atoms with E-state index < -0.39 is 0 Å². The van der Waals surface area contributed by atoms with Crippen molar-refractivity contribution in [3.05, 3.63) is 0 Å². The topological polar surface area (TPSA) is 15.3 Å². The van der Waals surface area contributed by atoms with Gasteiger partial charge in [0.25, 0.3) is 0 Å². The highest BCUT2D eigenvalue weighted by molar-refractivity contribution is 4.83. The maximum Gasteiger partial charge on any atom is 0.0198 e. The molecule has 1 N–H and O–H groups in total. The van der Waals surface area contributed by atoms with E-state index in [9.17, 15) is 0 Å². The van der Waals surface area contributed by atoms with Crippen molar-refractivity contribution >= 4 is 0 Å². The number of nitrogens with one attached hydrogen (secondary N) is 1. The lowest BCUT2D eigenvalue weighted by molar-refractivity contribution is 0.139. The highest BCUT2D eigenvalue weighted by Crippen LogP contribution is 2.21. The van der Waals surface area contributed by atoms with E-state index in [1.165, 1.54) is 45.4 Å². The van der Waals surface area contributed by atoms with Crippen molar-refractivity contribution in [1.82, 2.24) is 10.2 Å². The van der Waals surface area contributed by atoms with Gasteiger partial charge in [-0.1, -0.05) is 34.1 Å². The van der Waals surface area contributed by atoms with Gasteiger partial charge in [-0.15, -0.1) is 0 Å². The summed E-state index contributed by atoms with van der Waals surface area (Å²) in [7, 11) is 0. The van der Waals surface area contributed by atoms with Gasteiger partial charge in [0.2, 0.25) is 0 Å². The Morgan fingerprint density at radius 1 is 1.25 bits per heavy atom. The zero-order valence-corrected chi connectivity index (χ0v) is 11.6. The minimum atomic E-state index is 0.729. The lowest BCUT2D eigenvalue weighted by Crippen LogP contribution is -2.49. The molecule has 2 unspecified atom stereocenters. The summed E-state index contributed by atoms with van der Waals surface area (Å²) in [5.74, 6) is 1.69. The third kappa shape index (κ3) is 4.84. The second-order valence-electron chi connectivity index (χ2n) is 5.74. The van der Waals surface area contributed by atoms with Crippen molar-refractivity contribution in [1.29, 1.82) is 0 Å². The quantitative estimate of drug-likeness (QED) is 0.749. The van der Waals surface area contributed by atoms with E-state index in [1.807, 2.05) is 0 Å². The monoisotopic (exact) mass is 226 g/mol. The van der Waals surface area contributed by atoms with Crippen LogP contribution in [0.4, 0.5) is 0 Å². The molecule has 1 saturated heterocycles. The molecule has 2 nitrogen and oxygen atoms in total. The van der Waals surface area contributed by atoms with Gasteiger partial charge in [0.15, 0.2) is 0 Å². The Morgan fingerprint density at radius 3 is 2.56 bits per heavy atom. The molecule has 1 rings (SSSR count). The summed E-state index contributed by atoms with van der Waals surface area (Å²) in [5.41, 5.74) is 0. The lowest BCUT2D eigenvalue weighted by Gasteiger charge is -2.38. The predicted molar refractivity (Wildman–Crippen MR) is 71.8 cm³/mol. The molecular formula is C14H30N2. The average Bonchev–Trinajstić information content (AvgIpc) is 2.26. The summed E-state index contributed by atoms with van der Waals surface area (Å²) in [6.45, 7) is 14.1. The summed E-state index contributed by atoms with van der Waals surface area (Å²) in [4.78, 5) is 2.61. The van der Waals surface area contributed by atoms with E-state index in [4.69, 9.17) is 0 Å². The molecule has 0 aromatic carbocycles. The van der Waals surface area contributed by atoms with Gasteiger partial charge in [0.1, 0.15) is 0 Å². The third-order valence-corrected chi connectivity index (χ3v) is 3.57. The number of likely N-dealkylation sites (tertiary alicyclic amines) is 1. The normalized spacial score (nSPS) is 27.6. The first kappa shape index (κ1) is 14.0. The molecule has 0 spiro atoms. The van der Waals surface area contributed by atoms with Crippen LogP contribution >= 0.6 is 0 Å². The second-order valence-corrected chi connectivity index (χ2v) is 5.74. The van der Waals surface area contributed by atoms with Crippen LogP contribution in [0, 0.1) is 11.8 Å². The van der Waals surface area contributed by atoms with Crippen molar-refractivity contribution in [2.45, 2.75) is 53.0 Å². The number of likely N-dealkylation sites (N-methyl/N-ethyl adjacent to an activating group) is 1. The summed E-state index contributed by atoms with van der Waals surface area (Å²) >= 11 is 0. The van der Waals surface area contributed by atoms with Gasteiger partial charge < -0.3 is 10.2 Å². The molecule has 16 heavy (non-hydrogen) atoms. The molecule has 1 aliphatic heterocycles. The molecule has 0 amide bonds. The Morgan fingerprint density at radius 2 is 2.00 bits per heavy atom. The fourth-order valence-corrected chi connectivity index (χ4v) is 2.73. The summed E-state index contributed by atoms with van der Waals surface area (Å²) in [5, 5.41) is 3.73. The molecule has 2 heteroatoms. The largest absolute Gasteiger partial charge is 0.312 e. The molecule has 0 aliphatic carbocycles. The van der Waals surface area contributed by atoms with Crippen LogP contribution in [0.25, 0.3) is 0 Å². The molecular weight excluding hydrogens is 196 g/mol. The molecule has 96 valence electrons. The Bertz CT molecular complexity index is 180. The molecule has 0 bridgehead atoms.